The molecule has 0 bridgehead atoms. The number of nitrogens with zero attached hydrogens (tertiary/aromatic N) is 1. The maximum atomic E-state index is 13.6. The second-order valence-corrected chi connectivity index (χ2v) is 9.07. The van der Waals surface area contributed by atoms with Crippen LogP contribution < -0.4 is 9.64 Å². The fourth-order valence-electron chi connectivity index (χ4n) is 4.68. The van der Waals surface area contributed by atoms with E-state index in [2.05, 4.69) is 0 Å². The van der Waals surface area contributed by atoms with Crippen molar-refractivity contribution in [3.63, 3.8) is 0 Å². The minimum atomic E-state index is -1.97. The molecule has 1 fully saturated rings. The molecule has 1 aliphatic heterocycles. The van der Waals surface area contributed by atoms with E-state index in [1.54, 1.807) is 17.0 Å². The van der Waals surface area contributed by atoms with Crippen LogP contribution in [0.1, 0.15) is 43.0 Å². The van der Waals surface area contributed by atoms with Crippen LogP contribution in [0.2, 0.25) is 0 Å². The van der Waals surface area contributed by atoms with Gasteiger partial charge in [0.25, 0.3) is 0 Å². The van der Waals surface area contributed by atoms with E-state index >= 15 is 0 Å². The lowest BCUT2D eigenvalue weighted by atomic mass is 9.78. The van der Waals surface area contributed by atoms with Gasteiger partial charge in [0.05, 0.1) is 19.4 Å². The molecular formula is C31H27F2NO3. The van der Waals surface area contributed by atoms with Crippen molar-refractivity contribution in [2.75, 3.05) is 4.90 Å². The second kappa shape index (κ2) is 10.9. The fraction of sp³-hybridized carbons (Fsp3) is 0.194. The first-order chi connectivity index (χ1) is 18.3. The third kappa shape index (κ3) is 5.54. The number of β-lactam (4-membered cyclic amide) rings is 1. The van der Waals surface area contributed by atoms with Crippen LogP contribution in [0.5, 0.6) is 5.75 Å². The molecule has 0 radical (unpaired) electrons. The van der Waals surface area contributed by atoms with Crippen LogP contribution in [0.25, 0.3) is 0 Å². The molecule has 3 atom stereocenters. The summed E-state index contributed by atoms with van der Waals surface area (Å²) in [5.74, 6) is -0.822. The van der Waals surface area contributed by atoms with E-state index in [1.165, 1.54) is 36.4 Å². The van der Waals surface area contributed by atoms with Crippen molar-refractivity contribution in [3.8, 4) is 5.75 Å². The molecule has 1 saturated heterocycles. The minimum Gasteiger partial charge on any atom is -0.489 e. The molecule has 6 heteroatoms. The summed E-state index contributed by atoms with van der Waals surface area (Å²) in [7, 11) is 0. The molecule has 188 valence electrons. The van der Waals surface area contributed by atoms with E-state index in [0.717, 1.165) is 11.1 Å². The topological polar surface area (TPSA) is 49.8 Å². The van der Waals surface area contributed by atoms with Crippen LogP contribution in [0, 0.1) is 17.6 Å². The summed E-state index contributed by atoms with van der Waals surface area (Å²) in [5.41, 5.74) is 2.74. The third-order valence-corrected chi connectivity index (χ3v) is 6.66. The highest BCUT2D eigenvalue weighted by Crippen LogP contribution is 2.46. The number of benzene rings is 4. The van der Waals surface area contributed by atoms with Gasteiger partial charge in [-0.15, -0.1) is 0 Å². The standard InChI is InChI=1S/C31H27F2NO3/c32-24-10-6-22(7-11-24)29(35)19-18-28-30(34(31(28)36)26-14-12-25(33)13-15-26)23-8-16-27(17-9-23)37-20-21-4-2-1-3-5-21/h1-17,28-30,35H,18-20H2/t28?,29-,30?/m0/s1/i29D. The Balaban J connectivity index is 1.35. The van der Waals surface area contributed by atoms with Crippen molar-refractivity contribution in [1.82, 2.24) is 0 Å². The molecule has 5 rings (SSSR count). The summed E-state index contributed by atoms with van der Waals surface area (Å²) < 4.78 is 41.2. The van der Waals surface area contributed by atoms with E-state index in [9.17, 15) is 18.7 Å². The molecule has 4 aromatic rings. The van der Waals surface area contributed by atoms with Crippen LogP contribution in [0.4, 0.5) is 14.5 Å². The van der Waals surface area contributed by atoms with Crippen LogP contribution in [-0.2, 0) is 11.4 Å². The molecule has 4 aromatic carbocycles. The molecule has 1 amide bonds. The normalized spacial score (nSPS) is 19.1. The lowest BCUT2D eigenvalue weighted by molar-refractivity contribution is -0.131. The predicted molar refractivity (Wildman–Crippen MR) is 138 cm³/mol. The molecule has 1 aliphatic rings. The summed E-state index contributed by atoms with van der Waals surface area (Å²) in [6.45, 7) is 0.428. The molecule has 0 saturated carbocycles. The van der Waals surface area contributed by atoms with E-state index in [1.807, 2.05) is 54.6 Å². The molecule has 37 heavy (non-hydrogen) atoms. The fourth-order valence-corrected chi connectivity index (χ4v) is 4.68. The number of ether oxygens (including phenoxy) is 1. The summed E-state index contributed by atoms with van der Waals surface area (Å²) in [5, 5.41) is 10.8. The van der Waals surface area contributed by atoms with Gasteiger partial charge < -0.3 is 14.7 Å². The van der Waals surface area contributed by atoms with Gasteiger partial charge >= 0.3 is 0 Å². The van der Waals surface area contributed by atoms with Crippen LogP contribution in [-0.4, -0.2) is 11.0 Å². The number of rotatable bonds is 9. The maximum Gasteiger partial charge on any atom is 0.233 e. The SMILES string of the molecule is [2H][C@](O)(CCC1C(=O)N(c2ccc(F)cc2)C1c1ccc(OCc2ccccc2)cc1)c1ccc(F)cc1. The Morgan fingerprint density at radius 1 is 0.865 bits per heavy atom. The first-order valence-electron chi connectivity index (χ1n) is 12.7. The van der Waals surface area contributed by atoms with Gasteiger partial charge in [0.15, 0.2) is 0 Å². The lowest BCUT2D eigenvalue weighted by Gasteiger charge is -2.48. The average Bonchev–Trinajstić information content (AvgIpc) is 2.93. The van der Waals surface area contributed by atoms with Crippen molar-refractivity contribution in [3.05, 3.63) is 131 Å². The number of hydrogen-bond donors (Lipinski definition) is 1. The summed E-state index contributed by atoms with van der Waals surface area (Å²) in [6, 6.07) is 27.8. The van der Waals surface area contributed by atoms with Gasteiger partial charge in [0, 0.05) is 5.69 Å². The van der Waals surface area contributed by atoms with Crippen molar-refractivity contribution < 1.29 is 24.8 Å². The summed E-state index contributed by atoms with van der Waals surface area (Å²) in [6.07, 6.45) is -1.74. The zero-order valence-corrected chi connectivity index (χ0v) is 20.1. The second-order valence-electron chi connectivity index (χ2n) is 9.07. The molecule has 2 unspecified atom stereocenters. The Morgan fingerprint density at radius 2 is 1.49 bits per heavy atom. The Hall–Kier alpha value is -4.03. The molecule has 4 nitrogen and oxygen atoms in total. The quantitative estimate of drug-likeness (QED) is 0.258. The molecule has 1 heterocycles. The van der Waals surface area contributed by atoms with E-state index < -0.39 is 23.6 Å². The summed E-state index contributed by atoms with van der Waals surface area (Å²) >= 11 is 0. The smallest absolute Gasteiger partial charge is 0.233 e. The Kier molecular flexibility index (Phi) is 6.90. The first kappa shape index (κ1) is 23.4. The zero-order chi connectivity index (χ0) is 26.7. The lowest BCUT2D eigenvalue weighted by Crippen LogP contribution is -2.55. The molecule has 0 aromatic heterocycles. The zero-order valence-electron chi connectivity index (χ0n) is 21.1. The number of hydrogen-bond acceptors (Lipinski definition) is 3. The Labute approximate surface area is 216 Å². The van der Waals surface area contributed by atoms with Crippen LogP contribution in [0.15, 0.2) is 103 Å². The van der Waals surface area contributed by atoms with Crippen molar-refractivity contribution in [2.24, 2.45) is 5.92 Å². The highest BCUT2D eigenvalue weighted by Gasteiger charge is 2.48. The van der Waals surface area contributed by atoms with Crippen molar-refractivity contribution >= 4 is 11.6 Å². The average molecular weight is 501 g/mol. The van der Waals surface area contributed by atoms with Crippen LogP contribution >= 0.6 is 0 Å². The highest BCUT2D eigenvalue weighted by molar-refractivity contribution is 6.03. The van der Waals surface area contributed by atoms with Gasteiger partial charge in [0.2, 0.25) is 5.91 Å². The van der Waals surface area contributed by atoms with E-state index in [-0.39, 0.29) is 30.4 Å². The van der Waals surface area contributed by atoms with Gasteiger partial charge in [-0.3, -0.25) is 4.79 Å². The van der Waals surface area contributed by atoms with Gasteiger partial charge in [-0.2, -0.15) is 0 Å². The predicted octanol–water partition coefficient (Wildman–Crippen LogP) is 6.76. The Bertz CT molecular complexity index is 1380. The minimum absolute atomic E-state index is 0.0128. The van der Waals surface area contributed by atoms with Crippen LogP contribution in [0.3, 0.4) is 0 Å². The first-order valence-corrected chi connectivity index (χ1v) is 12.2. The monoisotopic (exact) mass is 500 g/mol. The molecule has 0 aliphatic carbocycles. The van der Waals surface area contributed by atoms with Crippen molar-refractivity contribution in [1.29, 1.82) is 0 Å². The number of carbonyl (C=O) groups excluding carboxylic acids is 1. The van der Waals surface area contributed by atoms with Gasteiger partial charge in [0.1, 0.15) is 24.0 Å². The van der Waals surface area contributed by atoms with Gasteiger partial charge in [-0.1, -0.05) is 54.6 Å². The van der Waals surface area contributed by atoms with E-state index in [0.29, 0.717) is 18.0 Å². The highest BCUT2D eigenvalue weighted by atomic mass is 19.1. The number of aliphatic hydroxyl groups is 1. The number of carbonyl (C=O) groups is 1. The largest absolute Gasteiger partial charge is 0.489 e. The number of anilines is 1. The maximum absolute atomic E-state index is 13.6. The Morgan fingerprint density at radius 3 is 2.14 bits per heavy atom. The number of halogens is 2. The molecule has 1 N–H and O–H groups in total. The van der Waals surface area contributed by atoms with Gasteiger partial charge in [-0.25, -0.2) is 8.78 Å². The number of amides is 1. The third-order valence-electron chi connectivity index (χ3n) is 6.66. The van der Waals surface area contributed by atoms with Crippen molar-refractivity contribution in [2.45, 2.75) is 31.6 Å². The summed E-state index contributed by atoms with van der Waals surface area (Å²) in [4.78, 5) is 14.9. The van der Waals surface area contributed by atoms with Gasteiger partial charge in [-0.05, 0) is 78.1 Å². The molecular weight excluding hydrogens is 472 g/mol. The van der Waals surface area contributed by atoms with E-state index in [4.69, 9.17) is 6.11 Å². The molecule has 0 spiro atoms.